The third kappa shape index (κ3) is 2.57. The van der Waals surface area contributed by atoms with Crippen LogP contribution in [0.2, 0.25) is 0 Å². The predicted molar refractivity (Wildman–Crippen MR) is 83.6 cm³/mol. The number of aryl methyl sites for hydroxylation is 1. The van der Waals surface area contributed by atoms with E-state index in [4.69, 9.17) is 8.83 Å². The van der Waals surface area contributed by atoms with Crippen LogP contribution in [0.3, 0.4) is 0 Å². The molecule has 7 nitrogen and oxygen atoms in total. The van der Waals surface area contributed by atoms with Crippen molar-refractivity contribution in [3.05, 3.63) is 60.8 Å². The largest absolute Gasteiger partial charge is 0.467 e. The molecule has 0 unspecified atom stereocenters. The zero-order valence-electron chi connectivity index (χ0n) is 12.6. The number of aromatic nitrogens is 4. The van der Waals surface area contributed by atoms with E-state index in [2.05, 4.69) is 20.0 Å². The Morgan fingerprint density at radius 1 is 1.04 bits per heavy atom. The molecule has 4 aromatic rings. The summed E-state index contributed by atoms with van der Waals surface area (Å²) in [6, 6.07) is 7.63. The highest BCUT2D eigenvalue weighted by molar-refractivity contribution is 5.86. The van der Waals surface area contributed by atoms with Crippen molar-refractivity contribution in [2.45, 2.75) is 13.1 Å². The van der Waals surface area contributed by atoms with Gasteiger partial charge in [0, 0.05) is 7.05 Å². The highest BCUT2D eigenvalue weighted by Crippen LogP contribution is 2.25. The van der Waals surface area contributed by atoms with Crippen LogP contribution in [0.25, 0.3) is 11.0 Å². The van der Waals surface area contributed by atoms with E-state index < -0.39 is 0 Å². The summed E-state index contributed by atoms with van der Waals surface area (Å²) in [6.45, 7) is 1.16. The summed E-state index contributed by atoms with van der Waals surface area (Å²) < 4.78 is 12.7. The maximum atomic E-state index is 5.49. The average Bonchev–Trinajstić information content (AvgIpc) is 3.30. The van der Waals surface area contributed by atoms with E-state index >= 15 is 0 Å². The second-order valence-electron chi connectivity index (χ2n) is 5.22. The Labute approximate surface area is 132 Å². The van der Waals surface area contributed by atoms with E-state index in [1.807, 2.05) is 31.3 Å². The second-order valence-corrected chi connectivity index (χ2v) is 5.22. The van der Waals surface area contributed by atoms with Crippen molar-refractivity contribution < 1.29 is 8.83 Å². The van der Waals surface area contributed by atoms with Crippen LogP contribution in [0.4, 0.5) is 5.82 Å². The molecule has 0 aliphatic carbocycles. The van der Waals surface area contributed by atoms with Crippen molar-refractivity contribution in [1.29, 1.82) is 0 Å². The van der Waals surface area contributed by atoms with Crippen molar-refractivity contribution in [3.63, 3.8) is 0 Å². The Kier molecular flexibility index (Phi) is 3.30. The molecule has 0 fully saturated rings. The van der Waals surface area contributed by atoms with Gasteiger partial charge in [-0.25, -0.2) is 9.97 Å². The lowest BCUT2D eigenvalue weighted by Crippen LogP contribution is -2.23. The molecule has 4 heterocycles. The third-order valence-corrected chi connectivity index (χ3v) is 3.66. The van der Waals surface area contributed by atoms with Gasteiger partial charge in [0.05, 0.1) is 37.2 Å². The van der Waals surface area contributed by atoms with E-state index in [0.717, 1.165) is 28.4 Å². The molecule has 0 aliphatic heterocycles. The van der Waals surface area contributed by atoms with Gasteiger partial charge in [-0.3, -0.25) is 4.68 Å². The fraction of sp³-hybridized carbons (Fsp3) is 0.188. The van der Waals surface area contributed by atoms with Crippen LogP contribution in [-0.2, 0) is 20.1 Å². The Balaban J connectivity index is 1.76. The maximum Gasteiger partial charge on any atom is 0.163 e. The molecule has 4 rings (SSSR count). The van der Waals surface area contributed by atoms with Crippen molar-refractivity contribution in [3.8, 4) is 0 Å². The first-order valence-electron chi connectivity index (χ1n) is 7.23. The van der Waals surface area contributed by atoms with Gasteiger partial charge in [0.15, 0.2) is 5.65 Å². The molecule has 0 spiro atoms. The van der Waals surface area contributed by atoms with Crippen molar-refractivity contribution in [2.24, 2.45) is 7.05 Å². The number of hydrogen-bond donors (Lipinski definition) is 0. The SMILES string of the molecule is Cn1ncc2c(N(Cc3ccco3)Cc3ccco3)ncnc21. The molecule has 0 aromatic carbocycles. The summed E-state index contributed by atoms with van der Waals surface area (Å²) in [5, 5.41) is 5.17. The quantitative estimate of drug-likeness (QED) is 0.564. The zero-order valence-corrected chi connectivity index (χ0v) is 12.6. The zero-order chi connectivity index (χ0) is 15.6. The first-order chi connectivity index (χ1) is 11.3. The fourth-order valence-electron chi connectivity index (χ4n) is 2.59. The first-order valence-corrected chi connectivity index (χ1v) is 7.23. The summed E-state index contributed by atoms with van der Waals surface area (Å²) in [7, 11) is 1.86. The third-order valence-electron chi connectivity index (χ3n) is 3.66. The van der Waals surface area contributed by atoms with Gasteiger partial charge in [0.1, 0.15) is 23.7 Å². The second kappa shape index (κ2) is 5.60. The number of furan rings is 2. The Morgan fingerprint density at radius 3 is 2.35 bits per heavy atom. The van der Waals surface area contributed by atoms with E-state index in [-0.39, 0.29) is 0 Å². The number of hydrogen-bond acceptors (Lipinski definition) is 6. The summed E-state index contributed by atoms with van der Waals surface area (Å²) in [4.78, 5) is 10.8. The van der Waals surface area contributed by atoms with Gasteiger partial charge in [-0.05, 0) is 24.3 Å². The molecular weight excluding hydrogens is 294 g/mol. The lowest BCUT2D eigenvalue weighted by Gasteiger charge is -2.22. The topological polar surface area (TPSA) is 73.1 Å². The molecule has 7 heteroatoms. The van der Waals surface area contributed by atoms with Gasteiger partial charge < -0.3 is 13.7 Å². The minimum Gasteiger partial charge on any atom is -0.467 e. The van der Waals surface area contributed by atoms with Crippen LogP contribution in [0, 0.1) is 0 Å². The van der Waals surface area contributed by atoms with Crippen LogP contribution < -0.4 is 4.90 Å². The summed E-state index contributed by atoms with van der Waals surface area (Å²) in [5.41, 5.74) is 0.791. The number of rotatable bonds is 5. The van der Waals surface area contributed by atoms with Gasteiger partial charge in [0.2, 0.25) is 0 Å². The molecule has 0 N–H and O–H groups in total. The number of nitrogens with zero attached hydrogens (tertiary/aromatic N) is 5. The molecule has 0 bridgehead atoms. The van der Waals surface area contributed by atoms with E-state index in [9.17, 15) is 0 Å². The van der Waals surface area contributed by atoms with Crippen molar-refractivity contribution in [1.82, 2.24) is 19.7 Å². The minimum absolute atomic E-state index is 0.578. The van der Waals surface area contributed by atoms with Gasteiger partial charge in [-0.1, -0.05) is 0 Å². The number of anilines is 1. The van der Waals surface area contributed by atoms with Crippen LogP contribution in [-0.4, -0.2) is 19.7 Å². The van der Waals surface area contributed by atoms with Gasteiger partial charge in [-0.2, -0.15) is 5.10 Å². The Morgan fingerprint density at radius 2 is 1.74 bits per heavy atom. The normalized spacial score (nSPS) is 11.2. The molecule has 4 aromatic heterocycles. The van der Waals surface area contributed by atoms with Crippen molar-refractivity contribution >= 4 is 16.9 Å². The summed E-state index contributed by atoms with van der Waals surface area (Å²) in [6.07, 6.45) is 6.67. The molecule has 23 heavy (non-hydrogen) atoms. The molecule has 0 aliphatic rings. The van der Waals surface area contributed by atoms with E-state index in [1.54, 1.807) is 29.7 Å². The smallest absolute Gasteiger partial charge is 0.163 e. The molecule has 0 saturated carbocycles. The van der Waals surface area contributed by atoms with Gasteiger partial charge >= 0.3 is 0 Å². The predicted octanol–water partition coefficient (Wildman–Crippen LogP) is 2.76. The highest BCUT2D eigenvalue weighted by atomic mass is 16.3. The van der Waals surface area contributed by atoms with Crippen LogP contribution >= 0.6 is 0 Å². The first kappa shape index (κ1) is 13.6. The lowest BCUT2D eigenvalue weighted by molar-refractivity contribution is 0.476. The molecule has 0 atom stereocenters. The Bertz CT molecular complexity index is 860. The molecular formula is C16H15N5O2. The standard InChI is InChI=1S/C16H15N5O2/c1-20-15-14(8-19-20)16(18-11-17-15)21(9-12-4-2-6-22-12)10-13-5-3-7-23-13/h2-8,11H,9-10H2,1H3. The monoisotopic (exact) mass is 309 g/mol. The van der Waals surface area contributed by atoms with Crippen molar-refractivity contribution in [2.75, 3.05) is 4.90 Å². The Hall–Kier alpha value is -3.09. The summed E-state index contributed by atoms with van der Waals surface area (Å²) >= 11 is 0. The van der Waals surface area contributed by atoms with E-state index in [1.165, 1.54) is 0 Å². The van der Waals surface area contributed by atoms with Crippen LogP contribution in [0.15, 0.2) is 58.2 Å². The molecule has 0 amide bonds. The summed E-state index contributed by atoms with van der Waals surface area (Å²) in [5.74, 6) is 2.51. The fourth-order valence-corrected chi connectivity index (χ4v) is 2.59. The molecule has 116 valence electrons. The van der Waals surface area contributed by atoms with Crippen LogP contribution in [0.5, 0.6) is 0 Å². The van der Waals surface area contributed by atoms with Crippen LogP contribution in [0.1, 0.15) is 11.5 Å². The van der Waals surface area contributed by atoms with Gasteiger partial charge in [-0.15, -0.1) is 0 Å². The average molecular weight is 309 g/mol. The van der Waals surface area contributed by atoms with Gasteiger partial charge in [0.25, 0.3) is 0 Å². The van der Waals surface area contributed by atoms with E-state index in [0.29, 0.717) is 13.1 Å². The molecule has 0 saturated heterocycles. The maximum absolute atomic E-state index is 5.49. The lowest BCUT2D eigenvalue weighted by atomic mass is 10.3. The highest BCUT2D eigenvalue weighted by Gasteiger charge is 2.17. The number of fused-ring (bicyclic) bond motifs is 1. The molecule has 0 radical (unpaired) electrons. The minimum atomic E-state index is 0.578.